The lowest BCUT2D eigenvalue weighted by Gasteiger charge is -2.12. The Hall–Kier alpha value is -4.16. The van der Waals surface area contributed by atoms with E-state index in [0.29, 0.717) is 29.2 Å². The molecule has 2 aromatic heterocycles. The highest BCUT2D eigenvalue weighted by molar-refractivity contribution is 5.96. The number of ketones is 1. The minimum absolute atomic E-state index is 0.00395. The number of aromatic nitrogens is 2. The van der Waals surface area contributed by atoms with E-state index < -0.39 is 11.6 Å². The molecule has 0 saturated carbocycles. The molecule has 6 nitrogen and oxygen atoms in total. The van der Waals surface area contributed by atoms with E-state index in [1.807, 2.05) is 18.2 Å². The van der Waals surface area contributed by atoms with Crippen molar-refractivity contribution in [3.8, 4) is 5.75 Å². The van der Waals surface area contributed by atoms with Crippen molar-refractivity contribution in [2.75, 3.05) is 0 Å². The van der Waals surface area contributed by atoms with E-state index in [9.17, 15) is 13.6 Å². The number of carbonyl (C=O) groups is 1. The zero-order valence-electron chi connectivity index (χ0n) is 19.3. The summed E-state index contributed by atoms with van der Waals surface area (Å²) in [7, 11) is 0. The molecule has 4 aromatic rings. The van der Waals surface area contributed by atoms with Crippen LogP contribution in [0.4, 0.5) is 8.78 Å². The number of benzene rings is 2. The Balaban J connectivity index is 0.00000108. The maximum absolute atomic E-state index is 13.9. The number of fused-ring (bicyclic) bond motifs is 1. The summed E-state index contributed by atoms with van der Waals surface area (Å²) in [4.78, 5) is 33.9. The van der Waals surface area contributed by atoms with Gasteiger partial charge in [-0.15, -0.1) is 0 Å². The van der Waals surface area contributed by atoms with E-state index in [0.717, 1.165) is 6.42 Å². The van der Waals surface area contributed by atoms with Gasteiger partial charge in [-0.05, 0) is 49.1 Å². The Kier molecular flexibility index (Phi) is 8.59. The molecule has 0 radical (unpaired) electrons. The third-order valence-electron chi connectivity index (χ3n) is 5.45. The van der Waals surface area contributed by atoms with Crippen molar-refractivity contribution in [1.82, 2.24) is 9.38 Å². The first kappa shape index (κ1) is 25.5. The first-order chi connectivity index (χ1) is 16.8. The van der Waals surface area contributed by atoms with Gasteiger partial charge in [0.05, 0.1) is 11.3 Å². The molecule has 4 rings (SSSR count). The number of ether oxygens (including phenoxy) is 1. The van der Waals surface area contributed by atoms with Gasteiger partial charge in [0, 0.05) is 12.6 Å². The van der Waals surface area contributed by atoms with Gasteiger partial charge in [0.25, 0.3) is 0 Å². The largest absolute Gasteiger partial charge is 0.485 e. The van der Waals surface area contributed by atoms with Crippen LogP contribution in [0.25, 0.3) is 5.65 Å². The van der Waals surface area contributed by atoms with Crippen LogP contribution < -0.4 is 4.74 Å². The molecule has 8 heteroatoms. The molecule has 0 aliphatic rings. The molecule has 2 heterocycles. The van der Waals surface area contributed by atoms with Crippen LogP contribution in [-0.4, -0.2) is 21.3 Å². The number of Topliss-reactive ketones (excluding diaryl/α,β-unsaturated/α-hetero) is 1. The van der Waals surface area contributed by atoms with Crippen LogP contribution in [0.5, 0.6) is 5.75 Å². The van der Waals surface area contributed by atoms with Crippen LogP contribution in [0, 0.1) is 24.5 Å². The molecular weight excluding hydrogens is 454 g/mol. The molecule has 0 bridgehead atoms. The van der Waals surface area contributed by atoms with Crippen molar-refractivity contribution in [3.05, 3.63) is 101 Å². The van der Waals surface area contributed by atoms with Gasteiger partial charge in [-0.25, -0.2) is 13.8 Å². The summed E-state index contributed by atoms with van der Waals surface area (Å²) < 4.78 is 35.3. The molecular formula is C27H24F2N2O4. The summed E-state index contributed by atoms with van der Waals surface area (Å²) in [5.41, 5.74) is 2.58. The third kappa shape index (κ3) is 6.25. The lowest BCUT2D eigenvalue weighted by molar-refractivity contribution is -0.191. The number of rotatable bonds is 8. The van der Waals surface area contributed by atoms with Crippen LogP contribution in [0.1, 0.15) is 40.7 Å². The second-order valence-corrected chi connectivity index (χ2v) is 8.11. The highest BCUT2D eigenvalue weighted by atomic mass is 19.1. The van der Waals surface area contributed by atoms with Crippen molar-refractivity contribution in [2.24, 2.45) is 5.92 Å². The minimum atomic E-state index is -0.667. The van der Waals surface area contributed by atoms with E-state index in [2.05, 4.69) is 24.0 Å². The summed E-state index contributed by atoms with van der Waals surface area (Å²) in [5, 5.41) is 0. The van der Waals surface area contributed by atoms with Crippen molar-refractivity contribution >= 4 is 17.6 Å². The number of nitrogens with zero attached hydrogens (tertiary/aromatic N) is 2. The summed E-state index contributed by atoms with van der Waals surface area (Å²) in [5.74, 6) is -0.817. The van der Waals surface area contributed by atoms with Gasteiger partial charge in [-0.2, -0.15) is 9.59 Å². The van der Waals surface area contributed by atoms with E-state index in [-0.39, 0.29) is 30.0 Å². The van der Waals surface area contributed by atoms with Gasteiger partial charge < -0.3 is 4.74 Å². The Bertz CT molecular complexity index is 1330. The lowest BCUT2D eigenvalue weighted by Crippen LogP contribution is -2.12. The predicted octanol–water partition coefficient (Wildman–Crippen LogP) is 5.37. The van der Waals surface area contributed by atoms with E-state index in [1.165, 1.54) is 23.8 Å². The Morgan fingerprint density at radius 1 is 1.03 bits per heavy atom. The molecule has 180 valence electrons. The van der Waals surface area contributed by atoms with Crippen LogP contribution in [0.15, 0.2) is 66.9 Å². The number of hydrogen-bond acceptors (Lipinski definition) is 5. The smallest absolute Gasteiger partial charge is 0.373 e. The number of pyridine rings is 1. The molecule has 0 fully saturated rings. The summed E-state index contributed by atoms with van der Waals surface area (Å²) in [6, 6.07) is 17.2. The average molecular weight is 478 g/mol. The van der Waals surface area contributed by atoms with E-state index in [4.69, 9.17) is 14.3 Å². The number of halogens is 2. The number of imidazole rings is 1. The van der Waals surface area contributed by atoms with E-state index >= 15 is 0 Å². The van der Waals surface area contributed by atoms with Crippen LogP contribution in [0.3, 0.4) is 0 Å². The Morgan fingerprint density at radius 3 is 2.34 bits per heavy atom. The molecule has 0 aliphatic carbocycles. The SMILES string of the molecule is Cc1nc2c(OCc3c(F)cccc3F)cccn2c1C(=O)C[C@@H](C)Cc1ccccc1.O=C=O. The fraction of sp³-hybridized carbons (Fsp3) is 0.222. The van der Waals surface area contributed by atoms with Gasteiger partial charge in [-0.3, -0.25) is 9.20 Å². The molecule has 1 atom stereocenters. The first-order valence-corrected chi connectivity index (χ1v) is 11.0. The number of hydrogen-bond donors (Lipinski definition) is 0. The first-order valence-electron chi connectivity index (χ1n) is 11.0. The van der Waals surface area contributed by atoms with Crippen LogP contribution >= 0.6 is 0 Å². The molecule has 2 aromatic carbocycles. The maximum atomic E-state index is 13.9. The molecule has 0 saturated heterocycles. The van der Waals surface area contributed by atoms with Crippen molar-refractivity contribution in [3.63, 3.8) is 0 Å². The fourth-order valence-electron chi connectivity index (χ4n) is 3.93. The normalized spacial score (nSPS) is 11.3. The average Bonchev–Trinajstić information content (AvgIpc) is 3.16. The molecule has 0 amide bonds. The van der Waals surface area contributed by atoms with Gasteiger partial charge >= 0.3 is 6.15 Å². The zero-order chi connectivity index (χ0) is 25.4. The third-order valence-corrected chi connectivity index (χ3v) is 5.45. The lowest BCUT2D eigenvalue weighted by atomic mass is 9.95. The minimum Gasteiger partial charge on any atom is -0.485 e. The van der Waals surface area contributed by atoms with Crippen molar-refractivity contribution in [1.29, 1.82) is 0 Å². The van der Waals surface area contributed by atoms with Crippen LogP contribution in [0.2, 0.25) is 0 Å². The zero-order valence-corrected chi connectivity index (χ0v) is 19.3. The second-order valence-electron chi connectivity index (χ2n) is 8.11. The topological polar surface area (TPSA) is 77.7 Å². The monoisotopic (exact) mass is 478 g/mol. The van der Waals surface area contributed by atoms with Gasteiger partial charge in [-0.1, -0.05) is 43.3 Å². The highest BCUT2D eigenvalue weighted by Gasteiger charge is 2.21. The molecule has 35 heavy (non-hydrogen) atoms. The highest BCUT2D eigenvalue weighted by Crippen LogP contribution is 2.26. The molecule has 0 aliphatic heterocycles. The summed E-state index contributed by atoms with van der Waals surface area (Å²) in [6.07, 6.45) is 3.20. The van der Waals surface area contributed by atoms with Gasteiger partial charge in [0.15, 0.2) is 17.2 Å². The van der Waals surface area contributed by atoms with Crippen LogP contribution in [-0.2, 0) is 22.6 Å². The van der Waals surface area contributed by atoms with Gasteiger partial charge in [0.1, 0.15) is 23.9 Å². The fourth-order valence-corrected chi connectivity index (χ4v) is 3.93. The Labute approximate surface area is 201 Å². The quantitative estimate of drug-likeness (QED) is 0.318. The number of carbonyl (C=O) groups excluding carboxylic acids is 3. The Morgan fingerprint density at radius 2 is 1.69 bits per heavy atom. The van der Waals surface area contributed by atoms with Crippen molar-refractivity contribution < 1.29 is 27.9 Å². The predicted molar refractivity (Wildman–Crippen MR) is 124 cm³/mol. The van der Waals surface area contributed by atoms with Gasteiger partial charge in [0.2, 0.25) is 0 Å². The molecule has 0 unspecified atom stereocenters. The van der Waals surface area contributed by atoms with E-state index in [1.54, 1.807) is 29.7 Å². The summed E-state index contributed by atoms with van der Waals surface area (Å²) in [6.45, 7) is 3.56. The molecule has 0 spiro atoms. The molecule has 0 N–H and O–H groups in total. The standard InChI is InChI=1S/C26H24F2N2O2.CO2/c1-17(14-19-8-4-3-5-9-19)15-23(31)25-18(2)29-26-24(12-7-13-30(25)26)32-16-20-21(27)10-6-11-22(20)28;2-1-3/h3-13,17H,14-16H2,1-2H3;/t17-;/m0./s1. The second kappa shape index (κ2) is 11.8. The number of aryl methyl sites for hydroxylation is 1. The van der Waals surface area contributed by atoms with Crippen molar-refractivity contribution in [2.45, 2.75) is 33.3 Å². The summed E-state index contributed by atoms with van der Waals surface area (Å²) >= 11 is 0. The maximum Gasteiger partial charge on any atom is 0.373 e.